The Balaban J connectivity index is 1.53. The lowest BCUT2D eigenvalue weighted by molar-refractivity contribution is -0.116. The third-order valence-electron chi connectivity index (χ3n) is 4.92. The molecule has 0 aromatic carbocycles. The summed E-state index contributed by atoms with van der Waals surface area (Å²) >= 11 is 0. The molecule has 7 nitrogen and oxygen atoms in total. The van der Waals surface area contributed by atoms with Crippen molar-refractivity contribution in [3.05, 3.63) is 47.5 Å². The smallest absolute Gasteiger partial charge is 0.247 e. The molecule has 140 valence electrons. The number of carbonyl (C=O) groups excluding carboxylic acids is 1. The highest BCUT2D eigenvalue weighted by atomic mass is 16.2. The minimum Gasteiger partial charge on any atom is -0.309 e. The maximum Gasteiger partial charge on any atom is 0.247 e. The lowest BCUT2D eigenvalue weighted by atomic mass is 10.1. The molecule has 1 amide bonds. The van der Waals surface area contributed by atoms with Gasteiger partial charge in [-0.1, -0.05) is 13.3 Å². The number of amides is 1. The first-order valence-electron chi connectivity index (χ1n) is 9.47. The van der Waals surface area contributed by atoms with Gasteiger partial charge in [0.2, 0.25) is 5.91 Å². The third kappa shape index (κ3) is 3.49. The molecule has 3 aromatic rings. The summed E-state index contributed by atoms with van der Waals surface area (Å²) in [6.07, 6.45) is 10.5. The molecule has 0 atom stereocenters. The highest BCUT2D eigenvalue weighted by Gasteiger charge is 2.22. The summed E-state index contributed by atoms with van der Waals surface area (Å²) in [4.78, 5) is 16.8. The molecule has 0 fully saturated rings. The average Bonchev–Trinajstić information content (AvgIpc) is 3.34. The van der Waals surface area contributed by atoms with Crippen LogP contribution in [0.4, 0.5) is 5.82 Å². The standard InChI is InChI=1S/C20H24N6O/c1-3-6-15-12-26(24-19(15)14-7-5-10-21-11-14)13-18(27)22-20-16-8-4-9-17(16)23-25(20)2/h5,7,10-12H,3-4,6,8-9,13H2,1-2H3,(H,22,27). The van der Waals surface area contributed by atoms with Gasteiger partial charge in [-0.3, -0.25) is 19.1 Å². The van der Waals surface area contributed by atoms with Gasteiger partial charge < -0.3 is 5.32 Å². The number of hydrogen-bond donors (Lipinski definition) is 1. The van der Waals surface area contributed by atoms with Crippen LogP contribution in [0.3, 0.4) is 0 Å². The van der Waals surface area contributed by atoms with E-state index in [1.165, 1.54) is 5.56 Å². The van der Waals surface area contributed by atoms with E-state index in [-0.39, 0.29) is 12.5 Å². The summed E-state index contributed by atoms with van der Waals surface area (Å²) in [5.74, 6) is 0.733. The molecule has 3 aromatic heterocycles. The first-order valence-corrected chi connectivity index (χ1v) is 9.47. The molecular formula is C20H24N6O. The molecule has 4 rings (SSSR count). The van der Waals surface area contributed by atoms with Crippen LogP contribution in [0.15, 0.2) is 30.7 Å². The van der Waals surface area contributed by atoms with Crippen LogP contribution in [0.2, 0.25) is 0 Å². The van der Waals surface area contributed by atoms with E-state index < -0.39 is 0 Å². The number of aromatic nitrogens is 5. The van der Waals surface area contributed by atoms with Crippen LogP contribution in [-0.2, 0) is 37.6 Å². The first-order chi connectivity index (χ1) is 13.2. The number of pyridine rings is 1. The number of nitrogens with zero attached hydrogens (tertiary/aromatic N) is 5. The zero-order chi connectivity index (χ0) is 18.8. The summed E-state index contributed by atoms with van der Waals surface area (Å²) in [5.41, 5.74) is 5.30. The predicted molar refractivity (Wildman–Crippen MR) is 103 cm³/mol. The Morgan fingerprint density at radius 3 is 2.96 bits per heavy atom. The van der Waals surface area contributed by atoms with E-state index in [1.54, 1.807) is 15.6 Å². The van der Waals surface area contributed by atoms with Crippen LogP contribution in [0.5, 0.6) is 0 Å². The zero-order valence-corrected chi connectivity index (χ0v) is 15.8. The molecule has 1 N–H and O–H groups in total. The van der Waals surface area contributed by atoms with Crippen molar-refractivity contribution in [1.29, 1.82) is 0 Å². The Kier molecular flexibility index (Phi) is 4.75. The lowest BCUT2D eigenvalue weighted by Gasteiger charge is -2.07. The van der Waals surface area contributed by atoms with Crippen LogP contribution in [0.1, 0.15) is 36.6 Å². The van der Waals surface area contributed by atoms with Crippen LogP contribution in [0, 0.1) is 0 Å². The zero-order valence-electron chi connectivity index (χ0n) is 15.8. The largest absolute Gasteiger partial charge is 0.309 e. The van der Waals surface area contributed by atoms with Crippen LogP contribution >= 0.6 is 0 Å². The van der Waals surface area contributed by atoms with Crippen molar-refractivity contribution in [2.75, 3.05) is 5.32 Å². The van der Waals surface area contributed by atoms with Crippen LogP contribution in [-0.4, -0.2) is 30.5 Å². The minimum absolute atomic E-state index is 0.0871. The van der Waals surface area contributed by atoms with Gasteiger partial charge in [0, 0.05) is 36.8 Å². The summed E-state index contributed by atoms with van der Waals surface area (Å²) in [6.45, 7) is 2.32. The topological polar surface area (TPSA) is 77.6 Å². The minimum atomic E-state index is -0.0871. The van der Waals surface area contributed by atoms with E-state index in [9.17, 15) is 4.79 Å². The molecule has 0 aliphatic heterocycles. The quantitative estimate of drug-likeness (QED) is 0.729. The van der Waals surface area contributed by atoms with Crippen molar-refractivity contribution in [2.24, 2.45) is 7.05 Å². The molecule has 0 bridgehead atoms. The maximum absolute atomic E-state index is 12.6. The van der Waals surface area contributed by atoms with Crippen molar-refractivity contribution in [1.82, 2.24) is 24.5 Å². The fourth-order valence-corrected chi connectivity index (χ4v) is 3.74. The van der Waals surface area contributed by atoms with Gasteiger partial charge in [0.05, 0.1) is 11.4 Å². The number of hydrogen-bond acceptors (Lipinski definition) is 4. The van der Waals surface area contributed by atoms with E-state index in [0.717, 1.165) is 60.4 Å². The number of carbonyl (C=O) groups is 1. The highest BCUT2D eigenvalue weighted by Crippen LogP contribution is 2.28. The molecular weight excluding hydrogens is 340 g/mol. The van der Waals surface area contributed by atoms with E-state index >= 15 is 0 Å². The SMILES string of the molecule is CCCc1cn(CC(=O)Nc2c3c(nn2C)CCC3)nc1-c1cccnc1. The Morgan fingerprint density at radius 2 is 2.19 bits per heavy atom. The fraction of sp³-hybridized carbons (Fsp3) is 0.400. The second-order valence-electron chi connectivity index (χ2n) is 6.99. The molecule has 7 heteroatoms. The molecule has 0 unspecified atom stereocenters. The summed E-state index contributed by atoms with van der Waals surface area (Å²) in [5, 5.41) is 12.2. The Bertz CT molecular complexity index is 957. The van der Waals surface area contributed by atoms with Crippen molar-refractivity contribution in [3.8, 4) is 11.3 Å². The molecule has 0 saturated carbocycles. The predicted octanol–water partition coefficient (Wildman–Crippen LogP) is 2.76. The van der Waals surface area contributed by atoms with Gasteiger partial charge in [-0.25, -0.2) is 0 Å². The monoisotopic (exact) mass is 364 g/mol. The molecule has 0 spiro atoms. The van der Waals surface area contributed by atoms with Gasteiger partial charge in [-0.15, -0.1) is 0 Å². The summed E-state index contributed by atoms with van der Waals surface area (Å²) in [6, 6.07) is 3.90. The first kappa shape index (κ1) is 17.5. The fourth-order valence-electron chi connectivity index (χ4n) is 3.74. The average molecular weight is 364 g/mol. The normalized spacial score (nSPS) is 13.0. The van der Waals surface area contributed by atoms with Crippen LogP contribution < -0.4 is 5.32 Å². The van der Waals surface area contributed by atoms with E-state index in [0.29, 0.717) is 0 Å². The number of fused-ring (bicyclic) bond motifs is 1. The molecule has 27 heavy (non-hydrogen) atoms. The van der Waals surface area contributed by atoms with E-state index in [2.05, 4.69) is 27.4 Å². The number of aryl methyl sites for hydroxylation is 3. The van der Waals surface area contributed by atoms with Gasteiger partial charge >= 0.3 is 0 Å². The molecule has 0 saturated heterocycles. The van der Waals surface area contributed by atoms with Gasteiger partial charge in [0.25, 0.3) is 0 Å². The summed E-state index contributed by atoms with van der Waals surface area (Å²) in [7, 11) is 1.88. The number of nitrogens with one attached hydrogen (secondary N) is 1. The Morgan fingerprint density at radius 1 is 1.30 bits per heavy atom. The number of rotatable bonds is 6. The van der Waals surface area contributed by atoms with Crippen molar-refractivity contribution in [2.45, 2.75) is 45.6 Å². The number of anilines is 1. The van der Waals surface area contributed by atoms with Crippen molar-refractivity contribution in [3.63, 3.8) is 0 Å². The molecule has 1 aliphatic carbocycles. The van der Waals surface area contributed by atoms with Gasteiger partial charge in [-0.05, 0) is 43.4 Å². The van der Waals surface area contributed by atoms with Crippen molar-refractivity contribution < 1.29 is 4.79 Å². The van der Waals surface area contributed by atoms with E-state index in [1.807, 2.05) is 31.6 Å². The van der Waals surface area contributed by atoms with Crippen molar-refractivity contribution >= 4 is 11.7 Å². The second-order valence-corrected chi connectivity index (χ2v) is 6.99. The Hall–Kier alpha value is -2.96. The Labute approximate surface area is 158 Å². The second kappa shape index (κ2) is 7.34. The molecule has 1 aliphatic rings. The van der Waals surface area contributed by atoms with Crippen LogP contribution in [0.25, 0.3) is 11.3 Å². The van der Waals surface area contributed by atoms with E-state index in [4.69, 9.17) is 0 Å². The summed E-state index contributed by atoms with van der Waals surface area (Å²) < 4.78 is 3.49. The highest BCUT2D eigenvalue weighted by molar-refractivity contribution is 5.90. The lowest BCUT2D eigenvalue weighted by Crippen LogP contribution is -2.21. The third-order valence-corrected chi connectivity index (χ3v) is 4.92. The molecule has 3 heterocycles. The maximum atomic E-state index is 12.6. The van der Waals surface area contributed by atoms with Gasteiger partial charge in [0.15, 0.2) is 0 Å². The van der Waals surface area contributed by atoms with Gasteiger partial charge in [-0.2, -0.15) is 10.2 Å². The molecule has 0 radical (unpaired) electrons. The van der Waals surface area contributed by atoms with Gasteiger partial charge in [0.1, 0.15) is 12.4 Å².